The van der Waals surface area contributed by atoms with Crippen molar-refractivity contribution >= 4 is 45.0 Å². The third kappa shape index (κ3) is 4.46. The first-order chi connectivity index (χ1) is 11.9. The normalized spacial score (nSPS) is 11.0. The number of hydrogen-bond acceptors (Lipinski definition) is 5. The number of aryl methyl sites for hydroxylation is 1. The molecule has 0 aliphatic rings. The highest BCUT2D eigenvalue weighted by Crippen LogP contribution is 2.26. The molecule has 0 aliphatic carbocycles. The molecule has 0 unspecified atom stereocenters. The number of nitrogens with one attached hydrogen (secondary N) is 2. The number of anilines is 3. The van der Waals surface area contributed by atoms with Crippen LogP contribution in [0.3, 0.4) is 0 Å². The Balaban J connectivity index is 1.80. The standard InChI is InChI=1S/C16H13BrClFN6/c1-9(10-3-11(17)5-12(19)4-10)22-15-14(18)7-20-16(24-15)23-13-6-21-25(2)8-13/h3-8H,1H2,2H3,(H2,20,22,23,24). The summed E-state index contributed by atoms with van der Waals surface area (Å²) < 4.78 is 15.8. The van der Waals surface area contributed by atoms with E-state index in [0.717, 1.165) is 5.69 Å². The molecule has 0 amide bonds. The second kappa shape index (κ2) is 7.37. The molecule has 2 heterocycles. The van der Waals surface area contributed by atoms with E-state index >= 15 is 0 Å². The van der Waals surface area contributed by atoms with Gasteiger partial charge in [0.25, 0.3) is 0 Å². The van der Waals surface area contributed by atoms with Gasteiger partial charge in [0.15, 0.2) is 5.82 Å². The lowest BCUT2D eigenvalue weighted by molar-refractivity contribution is 0.625. The number of rotatable bonds is 5. The van der Waals surface area contributed by atoms with Gasteiger partial charge in [-0.05, 0) is 30.7 Å². The molecule has 0 saturated carbocycles. The number of nitrogens with zero attached hydrogens (tertiary/aromatic N) is 4. The van der Waals surface area contributed by atoms with Gasteiger partial charge in [0.1, 0.15) is 10.8 Å². The van der Waals surface area contributed by atoms with Gasteiger partial charge in [-0.1, -0.05) is 27.5 Å². The molecule has 0 bridgehead atoms. The summed E-state index contributed by atoms with van der Waals surface area (Å²) in [4.78, 5) is 8.44. The van der Waals surface area contributed by atoms with E-state index in [4.69, 9.17) is 11.6 Å². The minimum Gasteiger partial charge on any atom is -0.356 e. The van der Waals surface area contributed by atoms with E-state index in [9.17, 15) is 4.39 Å². The zero-order valence-electron chi connectivity index (χ0n) is 13.1. The molecular weight excluding hydrogens is 411 g/mol. The van der Waals surface area contributed by atoms with Gasteiger partial charge in [-0.2, -0.15) is 10.1 Å². The first-order valence-electron chi connectivity index (χ1n) is 7.11. The molecule has 2 N–H and O–H groups in total. The SMILES string of the molecule is [CH2][C](Nc1nc(Nc2cnn(C)c2)ncc1Cl)c1cc(F)cc(Br)c1. The van der Waals surface area contributed by atoms with Crippen LogP contribution in [-0.2, 0) is 7.05 Å². The molecule has 128 valence electrons. The van der Waals surface area contributed by atoms with Crippen LogP contribution in [0.2, 0.25) is 5.02 Å². The van der Waals surface area contributed by atoms with E-state index in [1.807, 2.05) is 7.05 Å². The van der Waals surface area contributed by atoms with Crippen LogP contribution in [0.15, 0.2) is 41.3 Å². The molecule has 25 heavy (non-hydrogen) atoms. The van der Waals surface area contributed by atoms with Crippen molar-refractivity contribution in [1.82, 2.24) is 19.7 Å². The summed E-state index contributed by atoms with van der Waals surface area (Å²) in [5.41, 5.74) is 1.31. The average Bonchev–Trinajstić information content (AvgIpc) is 2.94. The zero-order chi connectivity index (χ0) is 18.0. The first-order valence-corrected chi connectivity index (χ1v) is 8.28. The van der Waals surface area contributed by atoms with E-state index in [-0.39, 0.29) is 5.82 Å². The van der Waals surface area contributed by atoms with Crippen LogP contribution in [0, 0.1) is 18.8 Å². The van der Waals surface area contributed by atoms with Crippen LogP contribution >= 0.6 is 27.5 Å². The largest absolute Gasteiger partial charge is 0.356 e. The van der Waals surface area contributed by atoms with Crippen molar-refractivity contribution in [2.75, 3.05) is 10.6 Å². The summed E-state index contributed by atoms with van der Waals surface area (Å²) in [6.45, 7) is 3.91. The minimum atomic E-state index is -0.375. The summed E-state index contributed by atoms with van der Waals surface area (Å²) in [5, 5.41) is 10.4. The fourth-order valence-electron chi connectivity index (χ4n) is 2.07. The number of hydrogen-bond donors (Lipinski definition) is 2. The van der Waals surface area contributed by atoms with Crippen molar-refractivity contribution in [3.05, 3.63) is 70.6 Å². The highest BCUT2D eigenvalue weighted by atomic mass is 79.9. The van der Waals surface area contributed by atoms with Gasteiger partial charge in [-0.25, -0.2) is 9.37 Å². The van der Waals surface area contributed by atoms with E-state index < -0.39 is 0 Å². The molecule has 1 aromatic carbocycles. The van der Waals surface area contributed by atoms with Gasteiger partial charge in [-0.3, -0.25) is 4.68 Å². The van der Waals surface area contributed by atoms with Crippen LogP contribution < -0.4 is 10.6 Å². The van der Waals surface area contributed by atoms with Crippen LogP contribution in [0.4, 0.5) is 21.8 Å². The molecule has 0 aliphatic heterocycles. The number of halogens is 3. The molecule has 6 nitrogen and oxygen atoms in total. The quantitative estimate of drug-likeness (QED) is 0.639. The summed E-state index contributed by atoms with van der Waals surface area (Å²) in [7, 11) is 1.81. The fraction of sp³-hybridized carbons (Fsp3) is 0.0625. The van der Waals surface area contributed by atoms with Gasteiger partial charge in [0.05, 0.1) is 24.1 Å². The van der Waals surface area contributed by atoms with E-state index in [0.29, 0.717) is 32.9 Å². The lowest BCUT2D eigenvalue weighted by Gasteiger charge is -2.16. The Hall–Kier alpha value is -2.19. The van der Waals surface area contributed by atoms with E-state index in [1.54, 1.807) is 23.1 Å². The smallest absolute Gasteiger partial charge is 0.229 e. The second-order valence-corrected chi connectivity index (χ2v) is 6.50. The molecule has 3 aromatic rings. The second-order valence-electron chi connectivity index (χ2n) is 5.18. The lowest BCUT2D eigenvalue weighted by atomic mass is 10.1. The Morgan fingerprint density at radius 3 is 2.80 bits per heavy atom. The summed E-state index contributed by atoms with van der Waals surface area (Å²) >= 11 is 9.39. The van der Waals surface area contributed by atoms with Crippen LogP contribution in [0.25, 0.3) is 0 Å². The average molecular weight is 424 g/mol. The van der Waals surface area contributed by atoms with Gasteiger partial charge in [0, 0.05) is 17.7 Å². The van der Waals surface area contributed by atoms with E-state index in [2.05, 4.69) is 48.6 Å². The third-order valence-corrected chi connectivity index (χ3v) is 3.92. The maximum absolute atomic E-state index is 13.5. The van der Waals surface area contributed by atoms with Gasteiger partial charge >= 0.3 is 0 Å². The molecular formula is C16H13BrClFN6. The molecule has 0 atom stereocenters. The Bertz CT molecular complexity index is 880. The molecule has 0 fully saturated rings. The molecule has 9 heteroatoms. The number of aromatic nitrogens is 4. The van der Waals surface area contributed by atoms with Crippen molar-refractivity contribution in [2.45, 2.75) is 0 Å². The molecule has 2 aromatic heterocycles. The van der Waals surface area contributed by atoms with Gasteiger partial charge in [-0.15, -0.1) is 0 Å². The molecule has 0 spiro atoms. The predicted molar refractivity (Wildman–Crippen MR) is 99.0 cm³/mol. The Morgan fingerprint density at radius 2 is 2.12 bits per heavy atom. The topological polar surface area (TPSA) is 67.7 Å². The third-order valence-electron chi connectivity index (χ3n) is 3.19. The van der Waals surface area contributed by atoms with Crippen molar-refractivity contribution < 1.29 is 4.39 Å². The fourth-order valence-corrected chi connectivity index (χ4v) is 2.68. The summed E-state index contributed by atoms with van der Waals surface area (Å²) in [6.07, 6.45) is 4.90. The van der Waals surface area contributed by atoms with Crippen molar-refractivity contribution in [1.29, 1.82) is 0 Å². The van der Waals surface area contributed by atoms with Gasteiger partial charge < -0.3 is 10.6 Å². The zero-order valence-corrected chi connectivity index (χ0v) is 15.4. The maximum atomic E-state index is 13.5. The lowest BCUT2D eigenvalue weighted by Crippen LogP contribution is -2.11. The van der Waals surface area contributed by atoms with Crippen LogP contribution in [0.5, 0.6) is 0 Å². The monoisotopic (exact) mass is 422 g/mol. The summed E-state index contributed by atoms with van der Waals surface area (Å²) in [6, 6.07) is 4.92. The first kappa shape index (κ1) is 17.6. The Morgan fingerprint density at radius 1 is 1.32 bits per heavy atom. The molecule has 2 radical (unpaired) electrons. The maximum Gasteiger partial charge on any atom is 0.229 e. The van der Waals surface area contributed by atoms with Crippen LogP contribution in [-0.4, -0.2) is 19.7 Å². The number of benzene rings is 1. The highest BCUT2D eigenvalue weighted by molar-refractivity contribution is 9.10. The van der Waals surface area contributed by atoms with Gasteiger partial charge in [0.2, 0.25) is 5.95 Å². The molecule has 0 saturated heterocycles. The van der Waals surface area contributed by atoms with E-state index in [1.165, 1.54) is 18.3 Å². The minimum absolute atomic E-state index is 0.313. The Labute approximate surface area is 157 Å². The van der Waals surface area contributed by atoms with Crippen molar-refractivity contribution in [3.63, 3.8) is 0 Å². The Kier molecular flexibility index (Phi) is 5.19. The van der Waals surface area contributed by atoms with Crippen molar-refractivity contribution in [2.24, 2.45) is 7.05 Å². The van der Waals surface area contributed by atoms with Crippen molar-refractivity contribution in [3.8, 4) is 0 Å². The molecule has 3 rings (SSSR count). The van der Waals surface area contributed by atoms with Crippen LogP contribution in [0.1, 0.15) is 5.56 Å². The predicted octanol–water partition coefficient (Wildman–Crippen LogP) is 4.33. The summed E-state index contributed by atoms with van der Waals surface area (Å²) in [5.74, 6) is 0.321. The highest BCUT2D eigenvalue weighted by Gasteiger charge is 2.13.